The largest absolute Gasteiger partial charge is 0.384 e. The van der Waals surface area contributed by atoms with Gasteiger partial charge in [-0.2, -0.15) is 0 Å². The van der Waals surface area contributed by atoms with Gasteiger partial charge >= 0.3 is 0 Å². The number of aryl methyl sites for hydroxylation is 1. The zero-order valence-corrected chi connectivity index (χ0v) is 9.29. The molecule has 0 aromatic carbocycles. The number of aromatic nitrogens is 4. The summed E-state index contributed by atoms with van der Waals surface area (Å²) in [5.41, 5.74) is 5.97. The third-order valence-electron chi connectivity index (χ3n) is 2.26. The number of hydrogen-bond donors (Lipinski definition) is 2. The molecule has 0 bridgehead atoms. The monoisotopic (exact) mass is 232 g/mol. The summed E-state index contributed by atoms with van der Waals surface area (Å²) in [6.45, 7) is 0.317. The number of carbonyl (C=O) groups excluding carboxylic acids is 1. The van der Waals surface area contributed by atoms with E-state index in [2.05, 4.69) is 20.5 Å². The van der Waals surface area contributed by atoms with Crippen LogP contribution in [-0.2, 0) is 13.6 Å². The van der Waals surface area contributed by atoms with E-state index in [9.17, 15) is 4.79 Å². The summed E-state index contributed by atoms with van der Waals surface area (Å²) in [4.78, 5) is 15.6. The predicted molar refractivity (Wildman–Crippen MR) is 60.8 cm³/mol. The summed E-state index contributed by atoms with van der Waals surface area (Å²) >= 11 is 0. The van der Waals surface area contributed by atoms with E-state index in [4.69, 9.17) is 5.73 Å². The molecule has 0 aliphatic heterocycles. The highest BCUT2D eigenvalue weighted by molar-refractivity contribution is 5.94. The van der Waals surface area contributed by atoms with E-state index in [1.165, 1.54) is 12.3 Å². The van der Waals surface area contributed by atoms with E-state index in [1.807, 2.05) is 7.05 Å². The molecule has 7 heteroatoms. The smallest absolute Gasteiger partial charge is 0.251 e. The Kier molecular flexibility index (Phi) is 2.99. The summed E-state index contributed by atoms with van der Waals surface area (Å²) in [6.07, 6.45) is 3.07. The van der Waals surface area contributed by atoms with Crippen molar-refractivity contribution in [3.05, 3.63) is 36.0 Å². The molecular weight excluding hydrogens is 220 g/mol. The number of nitrogens with zero attached hydrogens (tertiary/aromatic N) is 4. The summed E-state index contributed by atoms with van der Waals surface area (Å²) in [5.74, 6) is 0.777. The van der Waals surface area contributed by atoms with Crippen LogP contribution in [0.1, 0.15) is 16.2 Å². The van der Waals surface area contributed by atoms with E-state index in [0.717, 1.165) is 0 Å². The van der Waals surface area contributed by atoms with Crippen molar-refractivity contribution in [1.82, 2.24) is 25.1 Å². The Labute approximate surface area is 97.7 Å². The fourth-order valence-electron chi connectivity index (χ4n) is 1.32. The third-order valence-corrected chi connectivity index (χ3v) is 2.26. The maximum absolute atomic E-state index is 11.8. The Morgan fingerprint density at radius 3 is 3.06 bits per heavy atom. The number of carbonyl (C=O) groups is 1. The SMILES string of the molecule is Cn1cnnc1CNC(=O)c1ccnc(N)c1. The Hall–Kier alpha value is -2.44. The van der Waals surface area contributed by atoms with Gasteiger partial charge in [0.05, 0.1) is 6.54 Å². The van der Waals surface area contributed by atoms with Crippen LogP contribution in [0.4, 0.5) is 5.82 Å². The first kappa shape index (κ1) is 11.1. The number of nitrogens with two attached hydrogens (primary N) is 1. The van der Waals surface area contributed by atoms with E-state index >= 15 is 0 Å². The highest BCUT2D eigenvalue weighted by atomic mass is 16.1. The van der Waals surface area contributed by atoms with Crippen LogP contribution in [0.5, 0.6) is 0 Å². The Morgan fingerprint density at radius 1 is 1.59 bits per heavy atom. The van der Waals surface area contributed by atoms with Crippen LogP contribution in [0.25, 0.3) is 0 Å². The zero-order chi connectivity index (χ0) is 12.3. The van der Waals surface area contributed by atoms with Crippen molar-refractivity contribution in [3.63, 3.8) is 0 Å². The summed E-state index contributed by atoms with van der Waals surface area (Å²) in [6, 6.07) is 3.12. The number of nitrogen functional groups attached to an aromatic ring is 1. The average molecular weight is 232 g/mol. The normalized spacial score (nSPS) is 10.2. The molecule has 17 heavy (non-hydrogen) atoms. The van der Waals surface area contributed by atoms with Gasteiger partial charge < -0.3 is 15.6 Å². The summed E-state index contributed by atoms with van der Waals surface area (Å²) in [7, 11) is 1.81. The molecule has 2 heterocycles. The van der Waals surface area contributed by atoms with Crippen molar-refractivity contribution >= 4 is 11.7 Å². The van der Waals surface area contributed by atoms with Crippen LogP contribution in [0, 0.1) is 0 Å². The first-order valence-electron chi connectivity index (χ1n) is 4.99. The molecule has 3 N–H and O–H groups in total. The van der Waals surface area contributed by atoms with Crippen molar-refractivity contribution in [2.24, 2.45) is 7.05 Å². The fourth-order valence-corrected chi connectivity index (χ4v) is 1.32. The standard InChI is InChI=1S/C10H12N6O/c1-16-6-14-15-9(16)5-13-10(17)7-2-3-12-8(11)4-7/h2-4,6H,5H2,1H3,(H2,11,12)(H,13,17). The van der Waals surface area contributed by atoms with Gasteiger partial charge in [0.2, 0.25) is 0 Å². The van der Waals surface area contributed by atoms with E-state index in [0.29, 0.717) is 23.8 Å². The van der Waals surface area contributed by atoms with Crippen LogP contribution in [0.3, 0.4) is 0 Å². The van der Waals surface area contributed by atoms with Gasteiger partial charge in [-0.05, 0) is 12.1 Å². The Bertz CT molecular complexity index is 535. The van der Waals surface area contributed by atoms with Crippen LogP contribution in [0.15, 0.2) is 24.7 Å². The molecule has 2 aromatic heterocycles. The van der Waals surface area contributed by atoms with E-state index < -0.39 is 0 Å². The van der Waals surface area contributed by atoms with Crippen molar-refractivity contribution in [2.75, 3.05) is 5.73 Å². The molecule has 0 unspecified atom stereocenters. The van der Waals surface area contributed by atoms with Gasteiger partial charge in [-0.15, -0.1) is 10.2 Å². The van der Waals surface area contributed by atoms with Gasteiger partial charge in [-0.25, -0.2) is 4.98 Å². The number of hydrogen-bond acceptors (Lipinski definition) is 5. The second-order valence-corrected chi connectivity index (χ2v) is 3.51. The lowest BCUT2D eigenvalue weighted by molar-refractivity contribution is 0.0949. The highest BCUT2D eigenvalue weighted by Gasteiger charge is 2.07. The lowest BCUT2D eigenvalue weighted by atomic mass is 10.2. The zero-order valence-electron chi connectivity index (χ0n) is 9.29. The summed E-state index contributed by atoms with van der Waals surface area (Å²) in [5, 5.41) is 10.3. The minimum absolute atomic E-state index is 0.220. The molecule has 2 rings (SSSR count). The van der Waals surface area contributed by atoms with Gasteiger partial charge in [-0.1, -0.05) is 0 Å². The van der Waals surface area contributed by atoms with Gasteiger partial charge in [-0.3, -0.25) is 4.79 Å². The number of pyridine rings is 1. The second-order valence-electron chi connectivity index (χ2n) is 3.51. The lowest BCUT2D eigenvalue weighted by Crippen LogP contribution is -2.24. The molecule has 0 saturated heterocycles. The number of rotatable bonds is 3. The van der Waals surface area contributed by atoms with Crippen molar-refractivity contribution in [2.45, 2.75) is 6.54 Å². The van der Waals surface area contributed by atoms with E-state index in [1.54, 1.807) is 17.0 Å². The lowest BCUT2D eigenvalue weighted by Gasteiger charge is -2.04. The molecule has 0 saturated carbocycles. The maximum atomic E-state index is 11.8. The third kappa shape index (κ3) is 2.57. The number of amides is 1. The molecule has 88 valence electrons. The quantitative estimate of drug-likeness (QED) is 0.758. The molecule has 0 fully saturated rings. The molecule has 0 aliphatic carbocycles. The molecule has 0 atom stereocenters. The molecule has 0 spiro atoms. The highest BCUT2D eigenvalue weighted by Crippen LogP contribution is 2.03. The van der Waals surface area contributed by atoms with E-state index in [-0.39, 0.29) is 5.91 Å². The Balaban J connectivity index is 2.01. The van der Waals surface area contributed by atoms with Crippen molar-refractivity contribution < 1.29 is 4.79 Å². The van der Waals surface area contributed by atoms with Gasteiger partial charge in [0, 0.05) is 18.8 Å². The first-order chi connectivity index (χ1) is 8.16. The second kappa shape index (κ2) is 4.60. The minimum Gasteiger partial charge on any atom is -0.384 e. The fraction of sp³-hybridized carbons (Fsp3) is 0.200. The van der Waals surface area contributed by atoms with Crippen molar-refractivity contribution in [3.8, 4) is 0 Å². The van der Waals surface area contributed by atoms with Crippen LogP contribution in [0.2, 0.25) is 0 Å². The number of nitrogens with one attached hydrogen (secondary N) is 1. The predicted octanol–water partition coefficient (Wildman–Crippen LogP) is -0.278. The van der Waals surface area contributed by atoms with Gasteiger partial charge in [0.25, 0.3) is 5.91 Å². The van der Waals surface area contributed by atoms with Crippen molar-refractivity contribution in [1.29, 1.82) is 0 Å². The number of anilines is 1. The average Bonchev–Trinajstić information content (AvgIpc) is 2.72. The Morgan fingerprint density at radius 2 is 2.41 bits per heavy atom. The summed E-state index contributed by atoms with van der Waals surface area (Å²) < 4.78 is 1.74. The van der Waals surface area contributed by atoms with Crippen LogP contribution < -0.4 is 11.1 Å². The van der Waals surface area contributed by atoms with Gasteiger partial charge in [0.1, 0.15) is 12.1 Å². The molecule has 0 radical (unpaired) electrons. The topological polar surface area (TPSA) is 98.7 Å². The van der Waals surface area contributed by atoms with Crippen LogP contribution in [-0.4, -0.2) is 25.7 Å². The molecule has 1 amide bonds. The first-order valence-corrected chi connectivity index (χ1v) is 4.99. The van der Waals surface area contributed by atoms with Crippen LogP contribution >= 0.6 is 0 Å². The molecular formula is C10H12N6O. The molecule has 2 aromatic rings. The maximum Gasteiger partial charge on any atom is 0.251 e. The molecule has 7 nitrogen and oxygen atoms in total. The minimum atomic E-state index is -0.220. The van der Waals surface area contributed by atoms with Gasteiger partial charge in [0.15, 0.2) is 5.82 Å². The molecule has 0 aliphatic rings.